The number of aromatic nitrogens is 1. The molecule has 0 spiro atoms. The summed E-state index contributed by atoms with van der Waals surface area (Å²) in [6.07, 6.45) is 0. The van der Waals surface area contributed by atoms with Crippen molar-refractivity contribution in [2.45, 2.75) is 6.54 Å². The lowest BCUT2D eigenvalue weighted by atomic mass is 10.0. The molecule has 0 aliphatic carbocycles. The number of nitrogens with one attached hydrogen (secondary N) is 2. The normalized spacial score (nSPS) is 10.4. The second kappa shape index (κ2) is 9.47. The van der Waals surface area contributed by atoms with Crippen LogP contribution in [-0.2, 0) is 16.1 Å². The maximum absolute atomic E-state index is 12.1. The Hall–Kier alpha value is -2.72. The van der Waals surface area contributed by atoms with E-state index in [2.05, 4.69) is 26.2 Å². The van der Waals surface area contributed by atoms with Crippen LogP contribution in [0.5, 0.6) is 17.2 Å². The molecule has 10 heteroatoms. The third-order valence-electron chi connectivity index (χ3n) is 4.03. The Morgan fingerprint density at radius 2 is 1.79 bits per heavy atom. The molecule has 0 radical (unpaired) electrons. The zero-order chi connectivity index (χ0) is 20.8. The molecule has 2 aromatic rings. The maximum Gasteiger partial charge on any atom is 0.355 e. The lowest BCUT2D eigenvalue weighted by molar-refractivity contribution is -0.119. The monoisotopic (exact) mass is 455 g/mol. The molecule has 2 rings (SSSR count). The molecular formula is C18H22BrN3O6. The molecule has 0 aliphatic heterocycles. The van der Waals surface area contributed by atoms with Crippen LogP contribution >= 0.6 is 15.9 Å². The van der Waals surface area contributed by atoms with Crippen LogP contribution in [0.25, 0.3) is 11.1 Å². The van der Waals surface area contributed by atoms with Crippen LogP contribution in [0.4, 0.5) is 0 Å². The molecule has 0 aliphatic rings. The van der Waals surface area contributed by atoms with Crippen molar-refractivity contribution in [3.05, 3.63) is 28.0 Å². The summed E-state index contributed by atoms with van der Waals surface area (Å²) in [7, 11) is 5.80. The number of nitrogens with two attached hydrogens (primary N) is 1. The number of carbonyl (C=O) groups excluding carboxylic acids is 2. The third kappa shape index (κ3) is 4.07. The van der Waals surface area contributed by atoms with Crippen LogP contribution in [0.3, 0.4) is 0 Å². The summed E-state index contributed by atoms with van der Waals surface area (Å²) in [6, 6.07) is 3.49. The van der Waals surface area contributed by atoms with E-state index in [1.54, 1.807) is 12.1 Å². The van der Waals surface area contributed by atoms with Gasteiger partial charge in [0.25, 0.3) is 0 Å². The highest BCUT2D eigenvalue weighted by atomic mass is 79.9. The second-order valence-electron chi connectivity index (χ2n) is 5.52. The number of hydrogen-bond donors (Lipinski definition) is 3. The Morgan fingerprint density at radius 3 is 2.32 bits per heavy atom. The molecule has 0 unspecified atom stereocenters. The molecule has 9 nitrogen and oxygen atoms in total. The van der Waals surface area contributed by atoms with E-state index in [0.717, 1.165) is 0 Å². The van der Waals surface area contributed by atoms with Gasteiger partial charge in [0, 0.05) is 16.8 Å². The second-order valence-corrected chi connectivity index (χ2v) is 6.31. The van der Waals surface area contributed by atoms with E-state index in [1.807, 2.05) is 0 Å². The number of amides is 1. The number of carbonyl (C=O) groups is 2. The predicted molar refractivity (Wildman–Crippen MR) is 106 cm³/mol. The van der Waals surface area contributed by atoms with Gasteiger partial charge in [-0.1, -0.05) is 0 Å². The van der Waals surface area contributed by atoms with Crippen LogP contribution in [0.2, 0.25) is 0 Å². The minimum Gasteiger partial charge on any atom is -0.493 e. The van der Waals surface area contributed by atoms with Gasteiger partial charge in [-0.25, -0.2) is 4.79 Å². The van der Waals surface area contributed by atoms with Crippen LogP contribution in [0.1, 0.15) is 16.2 Å². The number of aromatic amines is 1. The van der Waals surface area contributed by atoms with Crippen molar-refractivity contribution in [3.63, 3.8) is 0 Å². The van der Waals surface area contributed by atoms with Gasteiger partial charge in [-0.05, 0) is 28.1 Å². The Kier molecular flexibility index (Phi) is 7.30. The van der Waals surface area contributed by atoms with Crippen molar-refractivity contribution in [3.8, 4) is 28.4 Å². The van der Waals surface area contributed by atoms with Crippen LogP contribution in [0, 0.1) is 0 Å². The first-order valence-corrected chi connectivity index (χ1v) is 8.97. The van der Waals surface area contributed by atoms with Crippen LogP contribution < -0.4 is 25.3 Å². The summed E-state index contributed by atoms with van der Waals surface area (Å²) < 4.78 is 21.6. The fourth-order valence-electron chi connectivity index (χ4n) is 2.74. The van der Waals surface area contributed by atoms with E-state index in [-0.39, 0.29) is 24.7 Å². The molecule has 1 aromatic heterocycles. The highest BCUT2D eigenvalue weighted by Gasteiger charge is 2.26. The molecule has 0 atom stereocenters. The van der Waals surface area contributed by atoms with E-state index in [9.17, 15) is 9.59 Å². The molecule has 1 amide bonds. The number of ether oxygens (including phenoxy) is 4. The summed E-state index contributed by atoms with van der Waals surface area (Å²) in [5.74, 6) is 0.386. The van der Waals surface area contributed by atoms with Crippen molar-refractivity contribution < 1.29 is 28.5 Å². The molecule has 0 bridgehead atoms. The van der Waals surface area contributed by atoms with Gasteiger partial charge in [-0.2, -0.15) is 0 Å². The Balaban J connectivity index is 2.70. The van der Waals surface area contributed by atoms with Crippen molar-refractivity contribution >= 4 is 27.8 Å². The zero-order valence-corrected chi connectivity index (χ0v) is 17.6. The first-order chi connectivity index (χ1) is 13.4. The number of rotatable bonds is 8. The first-order valence-electron chi connectivity index (χ1n) is 8.18. The van der Waals surface area contributed by atoms with Crippen LogP contribution in [0.15, 0.2) is 16.6 Å². The van der Waals surface area contributed by atoms with Gasteiger partial charge in [0.2, 0.25) is 11.7 Å². The highest BCUT2D eigenvalue weighted by molar-refractivity contribution is 9.10. The van der Waals surface area contributed by atoms with Gasteiger partial charge in [0.15, 0.2) is 11.5 Å². The lowest BCUT2D eigenvalue weighted by Crippen LogP contribution is -2.30. The quantitative estimate of drug-likeness (QED) is 0.518. The molecule has 0 saturated carbocycles. The third-order valence-corrected chi connectivity index (χ3v) is 4.82. The number of halogens is 1. The molecular weight excluding hydrogens is 434 g/mol. The Bertz CT molecular complexity index is 881. The van der Waals surface area contributed by atoms with Gasteiger partial charge in [0.05, 0.1) is 46.0 Å². The van der Waals surface area contributed by atoms with Gasteiger partial charge >= 0.3 is 5.97 Å². The highest BCUT2D eigenvalue weighted by Crippen LogP contribution is 2.47. The fraction of sp³-hybridized carbons (Fsp3) is 0.333. The number of hydrogen-bond acceptors (Lipinski definition) is 7. The Morgan fingerprint density at radius 1 is 1.11 bits per heavy atom. The molecule has 28 heavy (non-hydrogen) atoms. The first kappa shape index (κ1) is 21.6. The Labute approximate surface area is 170 Å². The molecule has 1 heterocycles. The SMILES string of the molecule is COC(=O)c1[nH]c(CNC(=O)CN)c(-c2ccc(OC)c(OC)c2OC)c1Br. The number of methoxy groups -OCH3 is 4. The molecule has 0 saturated heterocycles. The number of benzene rings is 1. The summed E-state index contributed by atoms with van der Waals surface area (Å²) in [4.78, 5) is 26.7. The molecule has 1 aromatic carbocycles. The fourth-order valence-corrected chi connectivity index (χ4v) is 3.45. The smallest absolute Gasteiger partial charge is 0.355 e. The summed E-state index contributed by atoms with van der Waals surface area (Å²) in [5, 5.41) is 2.68. The molecule has 152 valence electrons. The van der Waals surface area contributed by atoms with E-state index < -0.39 is 5.97 Å². The zero-order valence-electron chi connectivity index (χ0n) is 16.0. The van der Waals surface area contributed by atoms with Gasteiger partial charge in [0.1, 0.15) is 5.69 Å². The van der Waals surface area contributed by atoms with Crippen LogP contribution in [-0.4, -0.2) is 51.8 Å². The summed E-state index contributed by atoms with van der Waals surface area (Å²) in [6.45, 7) is -0.0425. The van der Waals surface area contributed by atoms with E-state index in [4.69, 9.17) is 24.7 Å². The van der Waals surface area contributed by atoms with Gasteiger partial charge in [-0.3, -0.25) is 4.79 Å². The largest absolute Gasteiger partial charge is 0.493 e. The van der Waals surface area contributed by atoms with E-state index in [0.29, 0.717) is 38.5 Å². The van der Waals surface area contributed by atoms with Crippen molar-refractivity contribution in [1.82, 2.24) is 10.3 Å². The molecule has 0 fully saturated rings. The molecule has 4 N–H and O–H groups in total. The van der Waals surface area contributed by atoms with Gasteiger partial charge in [-0.15, -0.1) is 0 Å². The average Bonchev–Trinajstić information content (AvgIpc) is 3.05. The lowest BCUT2D eigenvalue weighted by Gasteiger charge is -2.16. The van der Waals surface area contributed by atoms with E-state index in [1.165, 1.54) is 28.4 Å². The average molecular weight is 456 g/mol. The predicted octanol–water partition coefficient (Wildman–Crippen LogP) is 1.83. The van der Waals surface area contributed by atoms with Crippen molar-refractivity contribution in [2.75, 3.05) is 35.0 Å². The van der Waals surface area contributed by atoms with E-state index >= 15 is 0 Å². The standard InChI is InChI=1S/C18H22BrN3O6/c1-25-11-6-5-9(16(26-2)17(11)27-3)13-10(8-21-12(23)7-20)22-15(14(13)19)18(24)28-4/h5-6,22H,7-8,20H2,1-4H3,(H,21,23). The van der Waals surface area contributed by atoms with Gasteiger partial charge < -0.3 is 35.0 Å². The maximum atomic E-state index is 12.1. The van der Waals surface area contributed by atoms with Crippen molar-refractivity contribution in [2.24, 2.45) is 5.73 Å². The summed E-state index contributed by atoms with van der Waals surface area (Å²) in [5.41, 5.74) is 7.33. The topological polar surface area (TPSA) is 125 Å². The van der Waals surface area contributed by atoms with Crippen molar-refractivity contribution in [1.29, 1.82) is 0 Å². The minimum atomic E-state index is -0.566. The summed E-state index contributed by atoms with van der Waals surface area (Å²) >= 11 is 3.45. The number of esters is 1. The number of H-pyrrole nitrogens is 1. The minimum absolute atomic E-state index is 0.110.